The van der Waals surface area contributed by atoms with Crippen LogP contribution in [0.25, 0.3) is 33.8 Å². The Morgan fingerprint density at radius 2 is 1.58 bits per heavy atom. The van der Waals surface area contributed by atoms with Crippen molar-refractivity contribution in [2.75, 3.05) is 14.2 Å². The SMILES string of the molecule is COc1ccc(-c2nc3c4c(C)c(C)n(-c5ccc(C)cc5)c4ncn3n2)cc1OC. The van der Waals surface area contributed by atoms with Crippen LogP contribution in [0.2, 0.25) is 0 Å². The van der Waals surface area contributed by atoms with Crippen LogP contribution in [0.4, 0.5) is 0 Å². The van der Waals surface area contributed by atoms with Crippen molar-refractivity contribution in [3.63, 3.8) is 0 Å². The van der Waals surface area contributed by atoms with Gasteiger partial charge in [0.05, 0.1) is 19.6 Å². The van der Waals surface area contributed by atoms with Crippen LogP contribution in [0.1, 0.15) is 16.8 Å². The molecule has 3 heterocycles. The average molecular weight is 413 g/mol. The highest BCUT2D eigenvalue weighted by atomic mass is 16.5. The van der Waals surface area contributed by atoms with E-state index in [9.17, 15) is 0 Å². The van der Waals surface area contributed by atoms with E-state index >= 15 is 0 Å². The van der Waals surface area contributed by atoms with Crippen LogP contribution in [0.15, 0.2) is 48.8 Å². The maximum Gasteiger partial charge on any atom is 0.182 e. The minimum absolute atomic E-state index is 0.607. The van der Waals surface area contributed by atoms with Crippen molar-refractivity contribution in [1.29, 1.82) is 0 Å². The van der Waals surface area contributed by atoms with E-state index in [1.165, 1.54) is 5.56 Å². The Labute approximate surface area is 179 Å². The van der Waals surface area contributed by atoms with E-state index in [-0.39, 0.29) is 0 Å². The molecular formula is C24H23N5O2. The van der Waals surface area contributed by atoms with Gasteiger partial charge in [-0.3, -0.25) is 4.57 Å². The van der Waals surface area contributed by atoms with Crippen molar-refractivity contribution >= 4 is 16.7 Å². The molecule has 0 aliphatic carbocycles. The lowest BCUT2D eigenvalue weighted by Gasteiger charge is -2.08. The minimum Gasteiger partial charge on any atom is -0.493 e. The third-order valence-electron chi connectivity index (χ3n) is 5.77. The van der Waals surface area contributed by atoms with Gasteiger partial charge in [-0.05, 0) is 56.7 Å². The van der Waals surface area contributed by atoms with Crippen molar-refractivity contribution in [3.8, 4) is 28.6 Å². The van der Waals surface area contributed by atoms with Crippen LogP contribution in [-0.4, -0.2) is 38.4 Å². The maximum absolute atomic E-state index is 5.44. The number of ether oxygens (including phenoxy) is 2. The first-order valence-electron chi connectivity index (χ1n) is 10.0. The van der Waals surface area contributed by atoms with Crippen molar-refractivity contribution in [3.05, 3.63) is 65.6 Å². The van der Waals surface area contributed by atoms with Crippen LogP contribution in [0, 0.1) is 20.8 Å². The Morgan fingerprint density at radius 1 is 0.839 bits per heavy atom. The first-order chi connectivity index (χ1) is 15.0. The second-order valence-corrected chi connectivity index (χ2v) is 7.60. The molecule has 5 rings (SSSR count). The van der Waals surface area contributed by atoms with Gasteiger partial charge in [0.2, 0.25) is 0 Å². The molecule has 0 saturated heterocycles. The van der Waals surface area contributed by atoms with E-state index in [0.717, 1.165) is 39.2 Å². The highest BCUT2D eigenvalue weighted by Gasteiger charge is 2.19. The molecule has 0 fully saturated rings. The number of fused-ring (bicyclic) bond motifs is 3. The number of hydrogen-bond acceptors (Lipinski definition) is 5. The molecule has 0 unspecified atom stereocenters. The standard InChI is InChI=1S/C24H23N5O2/c1-14-6-9-18(10-7-14)29-16(3)15(2)21-23(29)25-13-28-24(21)26-22(27-28)17-8-11-19(30-4)20(12-17)31-5/h6-13H,1-5H3. The number of methoxy groups -OCH3 is 2. The highest BCUT2D eigenvalue weighted by molar-refractivity contribution is 5.95. The Bertz CT molecular complexity index is 1430. The first-order valence-corrected chi connectivity index (χ1v) is 10.0. The van der Waals surface area contributed by atoms with Crippen LogP contribution in [-0.2, 0) is 0 Å². The Morgan fingerprint density at radius 3 is 2.29 bits per heavy atom. The van der Waals surface area contributed by atoms with E-state index in [0.29, 0.717) is 17.3 Å². The molecule has 0 aliphatic rings. The lowest BCUT2D eigenvalue weighted by atomic mass is 10.2. The van der Waals surface area contributed by atoms with Gasteiger partial charge < -0.3 is 9.47 Å². The molecule has 0 amide bonds. The molecular weight excluding hydrogens is 390 g/mol. The summed E-state index contributed by atoms with van der Waals surface area (Å²) in [4.78, 5) is 9.60. The summed E-state index contributed by atoms with van der Waals surface area (Å²) in [6, 6.07) is 14.1. The largest absolute Gasteiger partial charge is 0.493 e. The number of nitrogens with zero attached hydrogens (tertiary/aromatic N) is 5. The van der Waals surface area contributed by atoms with Gasteiger partial charge in [0.15, 0.2) is 28.6 Å². The zero-order valence-corrected chi connectivity index (χ0v) is 18.2. The average Bonchev–Trinajstić information content (AvgIpc) is 3.33. The summed E-state index contributed by atoms with van der Waals surface area (Å²) in [5, 5.41) is 5.67. The topological polar surface area (TPSA) is 66.5 Å². The Kier molecular flexibility index (Phi) is 4.39. The predicted octanol–water partition coefficient (Wildman–Crippen LogP) is 4.68. The number of benzene rings is 2. The quantitative estimate of drug-likeness (QED) is 0.428. The van der Waals surface area contributed by atoms with E-state index in [4.69, 9.17) is 19.4 Å². The van der Waals surface area contributed by atoms with E-state index in [1.54, 1.807) is 25.1 Å². The lowest BCUT2D eigenvalue weighted by molar-refractivity contribution is 0.355. The van der Waals surface area contributed by atoms with Crippen LogP contribution < -0.4 is 9.47 Å². The molecule has 31 heavy (non-hydrogen) atoms. The van der Waals surface area contributed by atoms with E-state index < -0.39 is 0 Å². The van der Waals surface area contributed by atoms with Crippen molar-refractivity contribution in [2.45, 2.75) is 20.8 Å². The molecule has 0 bridgehead atoms. The molecule has 0 spiro atoms. The second kappa shape index (κ2) is 7.12. The molecule has 3 aromatic heterocycles. The fourth-order valence-electron chi connectivity index (χ4n) is 3.97. The third kappa shape index (κ3) is 2.92. The summed E-state index contributed by atoms with van der Waals surface area (Å²) in [5.74, 6) is 1.91. The summed E-state index contributed by atoms with van der Waals surface area (Å²) < 4.78 is 14.7. The van der Waals surface area contributed by atoms with E-state index in [2.05, 4.69) is 54.7 Å². The molecule has 0 radical (unpaired) electrons. The Hall–Kier alpha value is -3.87. The first kappa shape index (κ1) is 19.1. The van der Waals surface area contributed by atoms with Gasteiger partial charge in [0.25, 0.3) is 0 Å². The molecule has 0 aliphatic heterocycles. The molecule has 7 heteroatoms. The van der Waals surface area contributed by atoms with Gasteiger partial charge in [0.1, 0.15) is 6.33 Å². The Balaban J connectivity index is 1.72. The van der Waals surface area contributed by atoms with Crippen molar-refractivity contribution < 1.29 is 9.47 Å². The van der Waals surface area contributed by atoms with Gasteiger partial charge in [-0.15, -0.1) is 5.10 Å². The summed E-state index contributed by atoms with van der Waals surface area (Å²) in [7, 11) is 3.24. The fraction of sp³-hybridized carbons (Fsp3) is 0.208. The number of aromatic nitrogens is 5. The highest BCUT2D eigenvalue weighted by Crippen LogP contribution is 2.33. The minimum atomic E-state index is 0.607. The lowest BCUT2D eigenvalue weighted by Crippen LogP contribution is -1.99. The second-order valence-electron chi connectivity index (χ2n) is 7.60. The summed E-state index contributed by atoms with van der Waals surface area (Å²) >= 11 is 0. The van der Waals surface area contributed by atoms with Crippen molar-refractivity contribution in [1.82, 2.24) is 24.1 Å². The zero-order valence-electron chi connectivity index (χ0n) is 18.2. The smallest absolute Gasteiger partial charge is 0.182 e. The molecule has 5 aromatic rings. The zero-order chi connectivity index (χ0) is 21.7. The molecule has 0 saturated carbocycles. The summed E-state index contributed by atoms with van der Waals surface area (Å²) in [6.07, 6.45) is 1.72. The van der Waals surface area contributed by atoms with Crippen LogP contribution in [0.5, 0.6) is 11.5 Å². The molecule has 156 valence electrons. The number of aryl methyl sites for hydroxylation is 2. The molecule has 7 nitrogen and oxygen atoms in total. The van der Waals surface area contributed by atoms with Crippen LogP contribution in [0.3, 0.4) is 0 Å². The molecule has 0 atom stereocenters. The van der Waals surface area contributed by atoms with Crippen molar-refractivity contribution in [2.24, 2.45) is 0 Å². The van der Waals surface area contributed by atoms with Gasteiger partial charge in [0, 0.05) is 16.9 Å². The fourth-order valence-corrected chi connectivity index (χ4v) is 3.97. The summed E-state index contributed by atoms with van der Waals surface area (Å²) in [6.45, 7) is 6.30. The monoisotopic (exact) mass is 413 g/mol. The van der Waals surface area contributed by atoms with Gasteiger partial charge >= 0.3 is 0 Å². The van der Waals surface area contributed by atoms with Gasteiger partial charge in [-0.2, -0.15) is 0 Å². The van der Waals surface area contributed by atoms with Gasteiger partial charge in [-0.25, -0.2) is 14.5 Å². The maximum atomic E-state index is 5.44. The van der Waals surface area contributed by atoms with Crippen LogP contribution >= 0.6 is 0 Å². The summed E-state index contributed by atoms with van der Waals surface area (Å²) in [5.41, 5.74) is 7.08. The van der Waals surface area contributed by atoms with Gasteiger partial charge in [-0.1, -0.05) is 17.7 Å². The third-order valence-corrected chi connectivity index (χ3v) is 5.77. The molecule has 0 N–H and O–H groups in total. The number of rotatable bonds is 4. The predicted molar refractivity (Wildman–Crippen MR) is 120 cm³/mol. The van der Waals surface area contributed by atoms with E-state index in [1.807, 2.05) is 18.2 Å². The normalized spacial score (nSPS) is 11.4. The number of hydrogen-bond donors (Lipinski definition) is 0. The molecule has 2 aromatic carbocycles.